The van der Waals surface area contributed by atoms with Crippen LogP contribution in [-0.2, 0) is 0 Å². The van der Waals surface area contributed by atoms with Crippen molar-refractivity contribution in [1.82, 2.24) is 0 Å². The summed E-state index contributed by atoms with van der Waals surface area (Å²) >= 11 is 0. The average molecular weight is 294 g/mol. The van der Waals surface area contributed by atoms with E-state index in [0.29, 0.717) is 5.41 Å². The molecule has 4 aliphatic carbocycles. The topological polar surface area (TPSA) is 0 Å². The summed E-state index contributed by atoms with van der Waals surface area (Å²) in [6.07, 6.45) is 17.6. The Kier molecular flexibility index (Phi) is 3.13. The maximum absolute atomic E-state index is 4.46. The van der Waals surface area contributed by atoms with Crippen LogP contribution in [0, 0.1) is 28.6 Å². The number of fused-ring (bicyclic) bond motifs is 5. The van der Waals surface area contributed by atoms with Gasteiger partial charge in [-0.1, -0.05) is 61.4 Å². The van der Waals surface area contributed by atoms with Crippen LogP contribution in [0.4, 0.5) is 0 Å². The lowest BCUT2D eigenvalue weighted by Crippen LogP contribution is -2.43. The molecule has 0 saturated heterocycles. The molecule has 2 fully saturated rings. The fourth-order valence-electron chi connectivity index (χ4n) is 6.47. The Morgan fingerprint density at radius 3 is 2.86 bits per heavy atom. The Balaban J connectivity index is 1.77. The first-order valence-corrected chi connectivity index (χ1v) is 9.26. The molecule has 2 saturated carbocycles. The van der Waals surface area contributed by atoms with Gasteiger partial charge in [0.25, 0.3) is 0 Å². The fraction of sp³-hybridized carbons (Fsp3) is 0.636. The van der Waals surface area contributed by atoms with Gasteiger partial charge in [-0.3, -0.25) is 0 Å². The van der Waals surface area contributed by atoms with Crippen LogP contribution >= 0.6 is 0 Å². The van der Waals surface area contributed by atoms with Crippen molar-refractivity contribution in [3.63, 3.8) is 0 Å². The van der Waals surface area contributed by atoms with Gasteiger partial charge < -0.3 is 0 Å². The zero-order valence-corrected chi connectivity index (χ0v) is 14.5. The van der Waals surface area contributed by atoms with Crippen molar-refractivity contribution in [3.8, 4) is 0 Å². The molecule has 22 heavy (non-hydrogen) atoms. The first-order chi connectivity index (χ1) is 10.5. The van der Waals surface area contributed by atoms with Gasteiger partial charge in [-0.2, -0.15) is 0 Å². The van der Waals surface area contributed by atoms with E-state index in [2.05, 4.69) is 51.7 Å². The molecule has 0 aromatic rings. The van der Waals surface area contributed by atoms with Gasteiger partial charge in [0, 0.05) is 5.41 Å². The number of hydrogen-bond donors (Lipinski definition) is 0. The Bertz CT molecular complexity index is 602. The van der Waals surface area contributed by atoms with Gasteiger partial charge in [0.15, 0.2) is 0 Å². The SMILES string of the molecule is C=C1C[C@H]2[C@@H]3CCC4=CCC=C[C@]4(C)C3=CC[C@]2(C)[C@H]1CC. The molecule has 0 bridgehead atoms. The lowest BCUT2D eigenvalue weighted by molar-refractivity contribution is 0.0929. The van der Waals surface area contributed by atoms with E-state index in [1.54, 1.807) is 11.1 Å². The Hall–Kier alpha value is -1.04. The van der Waals surface area contributed by atoms with Crippen molar-refractivity contribution in [2.75, 3.05) is 0 Å². The molecule has 5 atom stereocenters. The van der Waals surface area contributed by atoms with Crippen molar-refractivity contribution in [1.29, 1.82) is 0 Å². The van der Waals surface area contributed by atoms with Crippen LogP contribution in [-0.4, -0.2) is 0 Å². The largest absolute Gasteiger partial charge is 0.0995 e. The van der Waals surface area contributed by atoms with E-state index in [1.165, 1.54) is 37.7 Å². The van der Waals surface area contributed by atoms with Crippen LogP contribution in [0.5, 0.6) is 0 Å². The summed E-state index contributed by atoms with van der Waals surface area (Å²) in [7, 11) is 0. The van der Waals surface area contributed by atoms with Crippen molar-refractivity contribution in [3.05, 3.63) is 47.6 Å². The molecule has 0 heteroatoms. The molecule has 4 aliphatic rings. The zero-order valence-electron chi connectivity index (χ0n) is 14.5. The van der Waals surface area contributed by atoms with Gasteiger partial charge in [0.05, 0.1) is 0 Å². The van der Waals surface area contributed by atoms with E-state index in [-0.39, 0.29) is 5.41 Å². The fourth-order valence-corrected chi connectivity index (χ4v) is 6.47. The smallest absolute Gasteiger partial charge is 0.0275 e. The molecule has 0 aromatic heterocycles. The van der Waals surface area contributed by atoms with E-state index >= 15 is 0 Å². The third kappa shape index (κ3) is 1.70. The molecule has 0 N–H and O–H groups in total. The van der Waals surface area contributed by atoms with Gasteiger partial charge in [-0.25, -0.2) is 0 Å². The third-order valence-corrected chi connectivity index (χ3v) is 7.62. The molecule has 0 radical (unpaired) electrons. The quantitative estimate of drug-likeness (QED) is 0.503. The number of rotatable bonds is 1. The highest BCUT2D eigenvalue weighted by atomic mass is 14.6. The summed E-state index contributed by atoms with van der Waals surface area (Å²) in [6, 6.07) is 0. The summed E-state index contributed by atoms with van der Waals surface area (Å²) in [5, 5.41) is 0. The van der Waals surface area contributed by atoms with Gasteiger partial charge in [-0.05, 0) is 68.6 Å². The minimum Gasteiger partial charge on any atom is -0.0995 e. The van der Waals surface area contributed by atoms with Crippen LogP contribution < -0.4 is 0 Å². The number of hydrogen-bond acceptors (Lipinski definition) is 0. The van der Waals surface area contributed by atoms with E-state index in [9.17, 15) is 0 Å². The molecular weight excluding hydrogens is 264 g/mol. The predicted molar refractivity (Wildman–Crippen MR) is 94.5 cm³/mol. The Morgan fingerprint density at radius 1 is 1.27 bits per heavy atom. The van der Waals surface area contributed by atoms with E-state index < -0.39 is 0 Å². The molecule has 0 aliphatic heterocycles. The number of allylic oxidation sites excluding steroid dienone is 7. The second-order valence-corrected chi connectivity index (χ2v) is 8.51. The maximum Gasteiger partial charge on any atom is 0.0275 e. The molecule has 0 spiro atoms. The first kappa shape index (κ1) is 14.5. The molecule has 118 valence electrons. The Morgan fingerprint density at radius 2 is 2.09 bits per heavy atom. The molecule has 0 nitrogen and oxygen atoms in total. The second-order valence-electron chi connectivity index (χ2n) is 8.51. The first-order valence-electron chi connectivity index (χ1n) is 9.26. The summed E-state index contributed by atoms with van der Waals surface area (Å²) in [6.45, 7) is 11.8. The summed E-state index contributed by atoms with van der Waals surface area (Å²) in [5.74, 6) is 2.36. The highest BCUT2D eigenvalue weighted by molar-refractivity contribution is 5.44. The van der Waals surface area contributed by atoms with E-state index in [1.807, 2.05) is 0 Å². The average Bonchev–Trinajstić information content (AvgIpc) is 2.76. The Labute approximate surface area is 136 Å². The lowest BCUT2D eigenvalue weighted by Gasteiger charge is -2.52. The van der Waals surface area contributed by atoms with Crippen molar-refractivity contribution in [2.24, 2.45) is 28.6 Å². The van der Waals surface area contributed by atoms with Crippen LogP contribution in [0.25, 0.3) is 0 Å². The van der Waals surface area contributed by atoms with Gasteiger partial charge in [0.1, 0.15) is 0 Å². The molecule has 0 heterocycles. The van der Waals surface area contributed by atoms with Crippen LogP contribution in [0.2, 0.25) is 0 Å². The van der Waals surface area contributed by atoms with Crippen molar-refractivity contribution in [2.45, 2.75) is 59.3 Å². The van der Waals surface area contributed by atoms with Crippen LogP contribution in [0.15, 0.2) is 47.6 Å². The van der Waals surface area contributed by atoms with E-state index in [4.69, 9.17) is 0 Å². The zero-order chi connectivity index (χ0) is 15.5. The highest BCUT2D eigenvalue weighted by Crippen LogP contribution is 2.65. The minimum absolute atomic E-state index is 0.230. The summed E-state index contributed by atoms with van der Waals surface area (Å²) in [5.41, 5.74) is 5.66. The highest BCUT2D eigenvalue weighted by Gasteiger charge is 2.55. The molecule has 0 unspecified atom stereocenters. The van der Waals surface area contributed by atoms with Crippen molar-refractivity contribution >= 4 is 0 Å². The molecule has 0 aromatic carbocycles. The van der Waals surface area contributed by atoms with Gasteiger partial charge >= 0.3 is 0 Å². The second kappa shape index (κ2) is 4.73. The monoisotopic (exact) mass is 294 g/mol. The van der Waals surface area contributed by atoms with Gasteiger partial charge in [0.2, 0.25) is 0 Å². The molecule has 4 rings (SSSR count). The molecule has 0 amide bonds. The van der Waals surface area contributed by atoms with Crippen molar-refractivity contribution < 1.29 is 0 Å². The predicted octanol–water partition coefficient (Wildman–Crippen LogP) is 6.23. The van der Waals surface area contributed by atoms with Gasteiger partial charge in [-0.15, -0.1) is 0 Å². The summed E-state index contributed by atoms with van der Waals surface area (Å²) in [4.78, 5) is 0. The normalized spacial score (nSPS) is 46.5. The van der Waals surface area contributed by atoms with Crippen LogP contribution in [0.3, 0.4) is 0 Å². The standard InChI is InChI=1S/C22H30/c1-5-18-15(2)14-20-17-10-9-16-8-6-7-12-21(16,3)19(17)11-13-22(18,20)4/h7-8,11-12,17-18,20H,2,5-6,9-10,13-14H2,1,3-4H3/t17-,18+,20+,21+,22-/m1/s1. The third-order valence-electron chi connectivity index (χ3n) is 7.62. The van der Waals surface area contributed by atoms with E-state index in [0.717, 1.165) is 24.2 Å². The van der Waals surface area contributed by atoms with Crippen LogP contribution in [0.1, 0.15) is 59.3 Å². The maximum atomic E-state index is 4.46. The minimum atomic E-state index is 0.230. The summed E-state index contributed by atoms with van der Waals surface area (Å²) < 4.78 is 0. The lowest BCUT2D eigenvalue weighted by atomic mass is 9.52. The molecular formula is C22H30.